The van der Waals surface area contributed by atoms with E-state index in [0.717, 1.165) is 4.31 Å². The number of benzene rings is 3. The topological polar surface area (TPSA) is 96.0 Å². The summed E-state index contributed by atoms with van der Waals surface area (Å²) in [5.74, 6) is -0.897. The number of likely N-dealkylation sites (N-methyl/N-ethyl adjacent to an activating group) is 1. The van der Waals surface area contributed by atoms with Gasteiger partial charge in [0.15, 0.2) is 0 Å². The van der Waals surface area contributed by atoms with Crippen LogP contribution in [-0.2, 0) is 26.2 Å². The first-order chi connectivity index (χ1) is 17.7. The Hall–Kier alpha value is -3.92. The molecular weight excluding hydrogens is 497 g/mol. The lowest BCUT2D eigenvalue weighted by molar-refractivity contribution is -0.139. The lowest BCUT2D eigenvalue weighted by atomic mass is 10.1. The molecule has 8 nitrogen and oxygen atoms in total. The Kier molecular flexibility index (Phi) is 9.24. The van der Waals surface area contributed by atoms with Crippen molar-refractivity contribution in [1.82, 2.24) is 10.2 Å². The van der Waals surface area contributed by atoms with E-state index in [2.05, 4.69) is 5.32 Å². The number of hydrogen-bond acceptors (Lipinski definition) is 5. The van der Waals surface area contributed by atoms with Crippen molar-refractivity contribution in [3.05, 3.63) is 90.2 Å². The molecule has 1 N–H and O–H groups in total. The van der Waals surface area contributed by atoms with Gasteiger partial charge in [-0.25, -0.2) is 12.8 Å². The zero-order valence-electron chi connectivity index (χ0n) is 20.9. The number of methoxy groups -OCH3 is 1. The maximum Gasteiger partial charge on any atom is 0.264 e. The Labute approximate surface area is 216 Å². The minimum Gasteiger partial charge on any atom is -0.497 e. The molecule has 0 spiro atoms. The molecule has 1 atom stereocenters. The van der Waals surface area contributed by atoms with E-state index in [1.807, 2.05) is 0 Å². The van der Waals surface area contributed by atoms with E-state index < -0.39 is 34.3 Å². The molecule has 3 rings (SSSR count). The van der Waals surface area contributed by atoms with Crippen LogP contribution in [0.3, 0.4) is 0 Å². The minimum atomic E-state index is -4.14. The highest BCUT2D eigenvalue weighted by atomic mass is 32.2. The number of rotatable bonds is 11. The standard InChI is InChI=1S/C27H30FN3O5S/c1-4-29-27(33)20(2)30(18-21-10-12-22(28)13-11-21)26(32)19-31(23-14-16-24(36-3)17-15-23)37(34,35)25-8-6-5-7-9-25/h5-17,20H,4,18-19H2,1-3H3,(H,29,33)/t20-/m1/s1. The highest BCUT2D eigenvalue weighted by Crippen LogP contribution is 2.26. The zero-order valence-corrected chi connectivity index (χ0v) is 21.7. The predicted molar refractivity (Wildman–Crippen MR) is 139 cm³/mol. The molecule has 0 saturated carbocycles. The first-order valence-corrected chi connectivity index (χ1v) is 13.1. The second kappa shape index (κ2) is 12.4. The van der Waals surface area contributed by atoms with E-state index in [0.29, 0.717) is 17.9 Å². The molecule has 0 radical (unpaired) electrons. The van der Waals surface area contributed by atoms with Crippen molar-refractivity contribution in [1.29, 1.82) is 0 Å². The third kappa shape index (κ3) is 6.85. The molecule has 0 aromatic heterocycles. The highest BCUT2D eigenvalue weighted by Gasteiger charge is 2.32. The van der Waals surface area contributed by atoms with E-state index >= 15 is 0 Å². The van der Waals surface area contributed by atoms with Crippen molar-refractivity contribution in [3.63, 3.8) is 0 Å². The Morgan fingerprint density at radius 3 is 2.16 bits per heavy atom. The molecule has 0 unspecified atom stereocenters. The summed E-state index contributed by atoms with van der Waals surface area (Å²) >= 11 is 0. The number of anilines is 1. The molecule has 0 fully saturated rings. The van der Waals surface area contributed by atoms with Crippen molar-refractivity contribution in [2.45, 2.75) is 31.3 Å². The van der Waals surface area contributed by atoms with Crippen molar-refractivity contribution >= 4 is 27.5 Å². The van der Waals surface area contributed by atoms with Gasteiger partial charge in [0.1, 0.15) is 24.2 Å². The molecule has 0 aliphatic carbocycles. The number of amides is 2. The van der Waals surface area contributed by atoms with E-state index in [9.17, 15) is 22.4 Å². The van der Waals surface area contributed by atoms with Gasteiger partial charge in [0.2, 0.25) is 11.8 Å². The molecule has 0 aliphatic rings. The second-order valence-corrected chi connectivity index (χ2v) is 10.1. The monoisotopic (exact) mass is 527 g/mol. The molecule has 37 heavy (non-hydrogen) atoms. The van der Waals surface area contributed by atoms with Crippen molar-refractivity contribution < 1.29 is 27.1 Å². The SMILES string of the molecule is CCNC(=O)[C@@H](C)N(Cc1ccc(F)cc1)C(=O)CN(c1ccc(OC)cc1)S(=O)(=O)c1ccccc1. The van der Waals surface area contributed by atoms with E-state index in [-0.39, 0.29) is 23.0 Å². The number of ether oxygens (including phenoxy) is 1. The van der Waals surface area contributed by atoms with Crippen molar-refractivity contribution in [3.8, 4) is 5.75 Å². The van der Waals surface area contributed by atoms with Crippen molar-refractivity contribution in [2.75, 3.05) is 24.5 Å². The van der Waals surface area contributed by atoms with Gasteiger partial charge in [-0.3, -0.25) is 13.9 Å². The molecular formula is C27H30FN3O5S. The van der Waals surface area contributed by atoms with Crippen LogP contribution in [0.15, 0.2) is 83.8 Å². The fraction of sp³-hybridized carbons (Fsp3) is 0.259. The van der Waals surface area contributed by atoms with Crippen LogP contribution >= 0.6 is 0 Å². The average molecular weight is 528 g/mol. The molecule has 0 saturated heterocycles. The lowest BCUT2D eigenvalue weighted by Crippen LogP contribution is -2.51. The summed E-state index contributed by atoms with van der Waals surface area (Å²) in [4.78, 5) is 27.7. The second-order valence-electron chi connectivity index (χ2n) is 8.24. The number of sulfonamides is 1. The van der Waals surface area contributed by atoms with Gasteiger partial charge in [-0.15, -0.1) is 0 Å². The third-order valence-corrected chi connectivity index (χ3v) is 7.54. The Morgan fingerprint density at radius 1 is 0.973 bits per heavy atom. The van der Waals surface area contributed by atoms with Crippen LogP contribution in [0, 0.1) is 5.82 Å². The number of nitrogens with one attached hydrogen (secondary N) is 1. The number of carbonyl (C=O) groups excluding carboxylic acids is 2. The summed E-state index contributed by atoms with van der Waals surface area (Å²) in [7, 11) is -2.65. The van der Waals surface area contributed by atoms with Gasteiger partial charge in [-0.2, -0.15) is 0 Å². The molecule has 196 valence electrons. The van der Waals surface area contributed by atoms with Crippen LogP contribution in [-0.4, -0.2) is 51.4 Å². The quantitative estimate of drug-likeness (QED) is 0.411. The van der Waals surface area contributed by atoms with Gasteiger partial charge < -0.3 is 15.0 Å². The molecule has 0 aliphatic heterocycles. The fourth-order valence-corrected chi connectivity index (χ4v) is 5.12. The fourth-order valence-electron chi connectivity index (χ4n) is 3.69. The van der Waals surface area contributed by atoms with E-state index in [4.69, 9.17) is 4.74 Å². The maximum atomic E-state index is 13.7. The largest absolute Gasteiger partial charge is 0.497 e. The zero-order chi connectivity index (χ0) is 27.0. The minimum absolute atomic E-state index is 0.0143. The van der Waals surface area contributed by atoms with Gasteiger partial charge >= 0.3 is 0 Å². The summed E-state index contributed by atoms with van der Waals surface area (Å²) in [6.07, 6.45) is 0. The number of halogens is 1. The van der Waals surface area contributed by atoms with Crippen LogP contribution in [0.1, 0.15) is 19.4 Å². The number of carbonyl (C=O) groups is 2. The molecule has 0 bridgehead atoms. The van der Waals surface area contributed by atoms with E-state index in [1.54, 1.807) is 56.3 Å². The molecule has 3 aromatic rings. The van der Waals surface area contributed by atoms with Gasteiger partial charge in [0.05, 0.1) is 17.7 Å². The van der Waals surface area contributed by atoms with Crippen molar-refractivity contribution in [2.24, 2.45) is 0 Å². The Balaban J connectivity index is 2.01. The van der Waals surface area contributed by atoms with Crippen LogP contribution in [0.25, 0.3) is 0 Å². The normalized spacial score (nSPS) is 11.9. The third-order valence-electron chi connectivity index (χ3n) is 5.75. The number of hydrogen-bond donors (Lipinski definition) is 1. The number of nitrogens with zero attached hydrogens (tertiary/aromatic N) is 2. The molecule has 2 amide bonds. The highest BCUT2D eigenvalue weighted by molar-refractivity contribution is 7.92. The van der Waals surface area contributed by atoms with Gasteiger partial charge in [-0.1, -0.05) is 30.3 Å². The van der Waals surface area contributed by atoms with Crippen LogP contribution in [0.5, 0.6) is 5.75 Å². The summed E-state index contributed by atoms with van der Waals surface area (Å²) in [6.45, 7) is 3.11. The molecule has 10 heteroatoms. The summed E-state index contributed by atoms with van der Waals surface area (Å²) in [6, 6.07) is 18.7. The van der Waals surface area contributed by atoms with Crippen LogP contribution < -0.4 is 14.4 Å². The first-order valence-electron chi connectivity index (χ1n) is 11.7. The summed E-state index contributed by atoms with van der Waals surface area (Å²) in [5.41, 5.74) is 0.846. The average Bonchev–Trinajstić information content (AvgIpc) is 2.91. The Bertz CT molecular complexity index is 1300. The summed E-state index contributed by atoms with van der Waals surface area (Å²) in [5, 5.41) is 2.69. The molecule has 0 heterocycles. The smallest absolute Gasteiger partial charge is 0.264 e. The molecule has 3 aromatic carbocycles. The lowest BCUT2D eigenvalue weighted by Gasteiger charge is -2.32. The van der Waals surface area contributed by atoms with Crippen LogP contribution in [0.2, 0.25) is 0 Å². The van der Waals surface area contributed by atoms with Crippen LogP contribution in [0.4, 0.5) is 10.1 Å². The van der Waals surface area contributed by atoms with Gasteiger partial charge in [-0.05, 0) is 67.9 Å². The Morgan fingerprint density at radius 2 is 1.59 bits per heavy atom. The summed E-state index contributed by atoms with van der Waals surface area (Å²) < 4.78 is 46.9. The van der Waals surface area contributed by atoms with Gasteiger partial charge in [0, 0.05) is 13.1 Å². The van der Waals surface area contributed by atoms with E-state index in [1.165, 1.54) is 48.4 Å². The van der Waals surface area contributed by atoms with Gasteiger partial charge in [0.25, 0.3) is 10.0 Å². The maximum absolute atomic E-state index is 13.7. The predicted octanol–water partition coefficient (Wildman–Crippen LogP) is 3.58. The first kappa shape index (κ1) is 27.7.